The highest BCUT2D eigenvalue weighted by Crippen LogP contribution is 2.23. The molecule has 21 heavy (non-hydrogen) atoms. The fourth-order valence-electron chi connectivity index (χ4n) is 2.34. The van der Waals surface area contributed by atoms with Crippen molar-refractivity contribution in [2.45, 2.75) is 33.5 Å². The predicted molar refractivity (Wildman–Crippen MR) is 88.0 cm³/mol. The van der Waals surface area contributed by atoms with E-state index in [4.69, 9.17) is 0 Å². The second kappa shape index (κ2) is 7.69. The highest BCUT2D eigenvalue weighted by molar-refractivity contribution is 7.12. The second-order valence-electron chi connectivity index (χ2n) is 5.34. The van der Waals surface area contributed by atoms with Crippen LogP contribution < -0.4 is 5.32 Å². The number of thiophene rings is 1. The van der Waals surface area contributed by atoms with E-state index >= 15 is 0 Å². The zero-order valence-corrected chi connectivity index (χ0v) is 13.8. The molecule has 2 rings (SSSR count). The van der Waals surface area contributed by atoms with Crippen LogP contribution in [0.2, 0.25) is 0 Å². The molecule has 0 atom stereocenters. The first kappa shape index (κ1) is 16.1. The van der Waals surface area contributed by atoms with Gasteiger partial charge < -0.3 is 5.32 Å². The Hall–Kier alpha value is -1.23. The van der Waals surface area contributed by atoms with Gasteiger partial charge in [-0.1, -0.05) is 25.1 Å². The molecular weight excluding hydrogens is 283 g/mol. The number of aryl methyl sites for hydroxylation is 1. The van der Waals surface area contributed by atoms with Gasteiger partial charge in [-0.3, -0.25) is 4.90 Å². The summed E-state index contributed by atoms with van der Waals surface area (Å²) in [6, 6.07) is 9.25. The van der Waals surface area contributed by atoms with Crippen LogP contribution in [-0.2, 0) is 19.6 Å². The minimum Gasteiger partial charge on any atom is -0.312 e. The molecule has 1 aromatic carbocycles. The van der Waals surface area contributed by atoms with Gasteiger partial charge in [0.1, 0.15) is 5.82 Å². The lowest BCUT2D eigenvalue weighted by Gasteiger charge is -2.17. The molecule has 0 amide bonds. The number of hydrogen-bond acceptors (Lipinski definition) is 3. The van der Waals surface area contributed by atoms with Gasteiger partial charge in [-0.05, 0) is 38.2 Å². The van der Waals surface area contributed by atoms with E-state index in [0.717, 1.165) is 25.2 Å². The van der Waals surface area contributed by atoms with Crippen molar-refractivity contribution < 1.29 is 4.39 Å². The summed E-state index contributed by atoms with van der Waals surface area (Å²) in [5.41, 5.74) is 2.09. The number of nitrogens with one attached hydrogen (secondary N) is 1. The van der Waals surface area contributed by atoms with E-state index in [1.807, 2.05) is 30.5 Å². The number of nitrogens with zero attached hydrogens (tertiary/aromatic N) is 1. The Kier molecular flexibility index (Phi) is 5.91. The summed E-state index contributed by atoms with van der Waals surface area (Å²) in [7, 11) is 2.04. The van der Waals surface area contributed by atoms with Crippen molar-refractivity contribution in [3.8, 4) is 0 Å². The van der Waals surface area contributed by atoms with Gasteiger partial charge in [0, 0.05) is 35.0 Å². The quantitative estimate of drug-likeness (QED) is 0.833. The Balaban J connectivity index is 1.98. The fourth-order valence-corrected chi connectivity index (χ4v) is 3.37. The lowest BCUT2D eigenvalue weighted by Crippen LogP contribution is -2.18. The molecule has 2 aromatic rings. The Morgan fingerprint density at radius 2 is 1.90 bits per heavy atom. The van der Waals surface area contributed by atoms with Gasteiger partial charge in [0.15, 0.2) is 0 Å². The van der Waals surface area contributed by atoms with Crippen molar-refractivity contribution in [3.05, 3.63) is 57.0 Å². The Labute approximate surface area is 130 Å². The van der Waals surface area contributed by atoms with Crippen molar-refractivity contribution in [1.82, 2.24) is 10.2 Å². The number of halogens is 1. The third-order valence-electron chi connectivity index (χ3n) is 3.46. The minimum atomic E-state index is -0.126. The molecular formula is C17H23FN2S. The first-order chi connectivity index (χ1) is 10.1. The molecule has 114 valence electrons. The Bertz CT molecular complexity index is 580. The average molecular weight is 306 g/mol. The molecule has 4 heteroatoms. The smallest absolute Gasteiger partial charge is 0.127 e. The van der Waals surface area contributed by atoms with Crippen molar-refractivity contribution >= 4 is 11.3 Å². The summed E-state index contributed by atoms with van der Waals surface area (Å²) in [5, 5.41) is 3.35. The van der Waals surface area contributed by atoms with E-state index < -0.39 is 0 Å². The highest BCUT2D eigenvalue weighted by Gasteiger charge is 2.10. The highest BCUT2D eigenvalue weighted by atomic mass is 32.1. The maximum absolute atomic E-state index is 13.7. The number of hydrogen-bond donors (Lipinski definition) is 1. The van der Waals surface area contributed by atoms with Gasteiger partial charge in [0.2, 0.25) is 0 Å². The van der Waals surface area contributed by atoms with Gasteiger partial charge in [-0.15, -0.1) is 11.3 Å². The van der Waals surface area contributed by atoms with Crippen LogP contribution in [0.4, 0.5) is 4.39 Å². The van der Waals surface area contributed by atoms with Crippen molar-refractivity contribution in [1.29, 1.82) is 0 Å². The normalized spacial score (nSPS) is 11.3. The predicted octanol–water partition coefficient (Wildman–Crippen LogP) is 3.94. The zero-order valence-electron chi connectivity index (χ0n) is 12.9. The zero-order chi connectivity index (χ0) is 15.2. The van der Waals surface area contributed by atoms with Crippen LogP contribution in [0, 0.1) is 12.7 Å². The summed E-state index contributed by atoms with van der Waals surface area (Å²) >= 11 is 1.84. The van der Waals surface area contributed by atoms with Gasteiger partial charge in [0.25, 0.3) is 0 Å². The summed E-state index contributed by atoms with van der Waals surface area (Å²) in [6.45, 7) is 7.67. The third-order valence-corrected chi connectivity index (χ3v) is 4.55. The molecule has 1 N–H and O–H groups in total. The maximum Gasteiger partial charge on any atom is 0.127 e. The van der Waals surface area contributed by atoms with E-state index in [9.17, 15) is 4.39 Å². The van der Waals surface area contributed by atoms with E-state index in [1.165, 1.54) is 21.4 Å². The molecule has 0 saturated heterocycles. The SMILES string of the molecule is CCNCc1cc(CN(C)Cc2ccccc2F)c(C)s1. The summed E-state index contributed by atoms with van der Waals surface area (Å²) in [5.74, 6) is -0.126. The molecule has 0 aliphatic heterocycles. The lowest BCUT2D eigenvalue weighted by molar-refractivity contribution is 0.313. The standard InChI is InChI=1S/C17H23FN2S/c1-4-19-10-16-9-15(13(2)21-16)12-20(3)11-14-7-5-6-8-17(14)18/h5-9,19H,4,10-12H2,1-3H3. The van der Waals surface area contributed by atoms with Crippen LogP contribution in [0.25, 0.3) is 0 Å². The van der Waals surface area contributed by atoms with Crippen LogP contribution >= 0.6 is 11.3 Å². The number of benzene rings is 1. The summed E-state index contributed by atoms with van der Waals surface area (Å²) in [4.78, 5) is 4.87. The fraction of sp³-hybridized carbons (Fsp3) is 0.412. The first-order valence-electron chi connectivity index (χ1n) is 7.31. The molecule has 2 nitrogen and oxygen atoms in total. The molecule has 0 fully saturated rings. The molecule has 0 aliphatic rings. The van der Waals surface area contributed by atoms with E-state index in [0.29, 0.717) is 6.54 Å². The van der Waals surface area contributed by atoms with E-state index in [1.54, 1.807) is 6.07 Å². The minimum absolute atomic E-state index is 0.126. The molecule has 0 unspecified atom stereocenters. The topological polar surface area (TPSA) is 15.3 Å². The summed E-state index contributed by atoms with van der Waals surface area (Å²) < 4.78 is 13.7. The molecule has 0 radical (unpaired) electrons. The van der Waals surface area contributed by atoms with Crippen molar-refractivity contribution in [2.24, 2.45) is 0 Å². The van der Waals surface area contributed by atoms with Crippen LogP contribution in [0.3, 0.4) is 0 Å². The molecule has 0 spiro atoms. The molecule has 0 bridgehead atoms. The second-order valence-corrected chi connectivity index (χ2v) is 6.68. The average Bonchev–Trinajstić information content (AvgIpc) is 2.79. The largest absolute Gasteiger partial charge is 0.312 e. The van der Waals surface area contributed by atoms with Crippen LogP contribution in [0.15, 0.2) is 30.3 Å². The summed E-state index contributed by atoms with van der Waals surface area (Å²) in [6.07, 6.45) is 0. The Morgan fingerprint density at radius 1 is 1.19 bits per heavy atom. The molecule has 1 aromatic heterocycles. The maximum atomic E-state index is 13.7. The molecule has 1 heterocycles. The lowest BCUT2D eigenvalue weighted by atomic mass is 10.2. The van der Waals surface area contributed by atoms with Gasteiger partial charge in [0.05, 0.1) is 0 Å². The molecule has 0 saturated carbocycles. The van der Waals surface area contributed by atoms with E-state index in [2.05, 4.69) is 30.1 Å². The van der Waals surface area contributed by atoms with Crippen LogP contribution in [0.5, 0.6) is 0 Å². The Morgan fingerprint density at radius 3 is 2.62 bits per heavy atom. The molecule has 0 aliphatic carbocycles. The van der Waals surface area contributed by atoms with Gasteiger partial charge >= 0.3 is 0 Å². The van der Waals surface area contributed by atoms with Crippen LogP contribution in [-0.4, -0.2) is 18.5 Å². The first-order valence-corrected chi connectivity index (χ1v) is 8.12. The third kappa shape index (κ3) is 4.63. The van der Waals surface area contributed by atoms with Gasteiger partial charge in [-0.25, -0.2) is 4.39 Å². The van der Waals surface area contributed by atoms with E-state index in [-0.39, 0.29) is 5.82 Å². The van der Waals surface area contributed by atoms with Crippen molar-refractivity contribution in [3.63, 3.8) is 0 Å². The van der Waals surface area contributed by atoms with Crippen molar-refractivity contribution in [2.75, 3.05) is 13.6 Å². The van der Waals surface area contributed by atoms with Crippen LogP contribution in [0.1, 0.15) is 27.8 Å². The number of rotatable bonds is 7. The van der Waals surface area contributed by atoms with Gasteiger partial charge in [-0.2, -0.15) is 0 Å². The monoisotopic (exact) mass is 306 g/mol.